The first-order valence-corrected chi connectivity index (χ1v) is 9.12. The molecular formula is C19H31FN4O. The second kappa shape index (κ2) is 10.4. The van der Waals surface area contributed by atoms with Crippen molar-refractivity contribution < 1.29 is 9.13 Å². The van der Waals surface area contributed by atoms with Crippen molar-refractivity contribution >= 4 is 5.96 Å². The molecule has 25 heavy (non-hydrogen) atoms. The largest absolute Gasteiger partial charge is 0.379 e. The fraction of sp³-hybridized carbons (Fsp3) is 0.632. The summed E-state index contributed by atoms with van der Waals surface area (Å²) < 4.78 is 19.2. The maximum absolute atomic E-state index is 13.7. The van der Waals surface area contributed by atoms with Crippen molar-refractivity contribution in [2.24, 2.45) is 10.9 Å². The normalized spacial score (nSPS) is 17.6. The molecule has 1 aliphatic heterocycles. The zero-order chi connectivity index (χ0) is 18.1. The van der Waals surface area contributed by atoms with Crippen molar-refractivity contribution in [1.82, 2.24) is 15.5 Å². The molecule has 1 aromatic carbocycles. The van der Waals surface area contributed by atoms with E-state index in [9.17, 15) is 4.39 Å². The minimum absolute atomic E-state index is 0.0863. The monoisotopic (exact) mass is 350 g/mol. The molecule has 1 aromatic rings. The number of guanidine groups is 1. The van der Waals surface area contributed by atoms with Crippen LogP contribution in [0.15, 0.2) is 29.3 Å². The molecule has 1 saturated heterocycles. The van der Waals surface area contributed by atoms with Gasteiger partial charge in [-0.2, -0.15) is 0 Å². The van der Waals surface area contributed by atoms with Crippen LogP contribution in [0.5, 0.6) is 0 Å². The molecule has 5 nitrogen and oxygen atoms in total. The summed E-state index contributed by atoms with van der Waals surface area (Å²) in [5.41, 5.74) is 0.979. The molecule has 1 fully saturated rings. The van der Waals surface area contributed by atoms with Crippen molar-refractivity contribution in [3.63, 3.8) is 0 Å². The number of rotatable bonds is 7. The predicted octanol–water partition coefficient (Wildman–Crippen LogP) is 2.41. The van der Waals surface area contributed by atoms with Gasteiger partial charge < -0.3 is 15.4 Å². The number of aliphatic imine (C=N–C) groups is 1. The van der Waals surface area contributed by atoms with Gasteiger partial charge in [0, 0.05) is 33.2 Å². The summed E-state index contributed by atoms with van der Waals surface area (Å²) >= 11 is 0. The highest BCUT2D eigenvalue weighted by Gasteiger charge is 2.23. The molecule has 2 N–H and O–H groups in total. The van der Waals surface area contributed by atoms with Crippen LogP contribution in [0.25, 0.3) is 0 Å². The summed E-state index contributed by atoms with van der Waals surface area (Å²) in [5, 5.41) is 6.74. The SMILES string of the molecule is CN=C(NCCC(C)C)NCC(c1cccc(F)c1)N1CCOCC1. The minimum Gasteiger partial charge on any atom is -0.379 e. The number of ether oxygens (including phenoxy) is 1. The third kappa shape index (κ3) is 6.63. The Hall–Kier alpha value is -1.66. The first kappa shape index (κ1) is 19.7. The van der Waals surface area contributed by atoms with Gasteiger partial charge in [0.25, 0.3) is 0 Å². The fourth-order valence-electron chi connectivity index (χ4n) is 2.95. The lowest BCUT2D eigenvalue weighted by Crippen LogP contribution is -2.46. The lowest BCUT2D eigenvalue weighted by molar-refractivity contribution is 0.0169. The Morgan fingerprint density at radius 1 is 1.28 bits per heavy atom. The lowest BCUT2D eigenvalue weighted by atomic mass is 10.0. The average Bonchev–Trinajstić information content (AvgIpc) is 2.61. The molecule has 0 aliphatic carbocycles. The third-order valence-electron chi connectivity index (χ3n) is 4.42. The van der Waals surface area contributed by atoms with Gasteiger partial charge in [-0.15, -0.1) is 0 Å². The van der Waals surface area contributed by atoms with Gasteiger partial charge in [-0.1, -0.05) is 26.0 Å². The second-order valence-corrected chi connectivity index (χ2v) is 6.78. The topological polar surface area (TPSA) is 48.9 Å². The molecule has 140 valence electrons. The second-order valence-electron chi connectivity index (χ2n) is 6.78. The van der Waals surface area contributed by atoms with Crippen molar-refractivity contribution in [3.8, 4) is 0 Å². The van der Waals surface area contributed by atoms with Crippen molar-refractivity contribution in [3.05, 3.63) is 35.6 Å². The minimum atomic E-state index is -0.199. The average molecular weight is 350 g/mol. The van der Waals surface area contributed by atoms with Crippen LogP contribution >= 0.6 is 0 Å². The standard InChI is InChI=1S/C19H31FN4O/c1-15(2)7-8-22-19(21-3)23-14-18(24-9-11-25-12-10-24)16-5-4-6-17(20)13-16/h4-6,13,15,18H,7-12,14H2,1-3H3,(H2,21,22,23). The molecular weight excluding hydrogens is 319 g/mol. The molecule has 0 radical (unpaired) electrons. The van der Waals surface area contributed by atoms with Crippen LogP contribution in [0.4, 0.5) is 4.39 Å². The van der Waals surface area contributed by atoms with Gasteiger partial charge in [-0.05, 0) is 30.0 Å². The van der Waals surface area contributed by atoms with Gasteiger partial charge in [-0.3, -0.25) is 9.89 Å². The van der Waals surface area contributed by atoms with E-state index in [0.29, 0.717) is 25.7 Å². The van der Waals surface area contributed by atoms with Crippen LogP contribution in [-0.2, 0) is 4.74 Å². The quantitative estimate of drug-likeness (QED) is 0.586. The highest BCUT2D eigenvalue weighted by molar-refractivity contribution is 5.79. The Balaban J connectivity index is 2.00. The van der Waals surface area contributed by atoms with Crippen molar-refractivity contribution in [1.29, 1.82) is 0 Å². The molecule has 0 spiro atoms. The summed E-state index contributed by atoms with van der Waals surface area (Å²) in [6, 6.07) is 6.95. The predicted molar refractivity (Wildman–Crippen MR) is 100 cm³/mol. The van der Waals surface area contributed by atoms with E-state index < -0.39 is 0 Å². The summed E-state index contributed by atoms with van der Waals surface area (Å²) in [7, 11) is 1.77. The van der Waals surface area contributed by atoms with E-state index in [2.05, 4.69) is 34.4 Å². The van der Waals surface area contributed by atoms with E-state index >= 15 is 0 Å². The Bertz CT molecular complexity index is 544. The molecule has 2 rings (SSSR count). The Labute approximate surface area is 150 Å². The molecule has 1 heterocycles. The molecule has 0 saturated carbocycles. The zero-order valence-corrected chi connectivity index (χ0v) is 15.6. The van der Waals surface area contributed by atoms with Gasteiger partial charge in [0.2, 0.25) is 0 Å². The Kier molecular flexibility index (Phi) is 8.15. The van der Waals surface area contributed by atoms with Crippen LogP contribution < -0.4 is 10.6 Å². The van der Waals surface area contributed by atoms with E-state index in [1.54, 1.807) is 19.2 Å². The van der Waals surface area contributed by atoms with Gasteiger partial charge in [0.05, 0.1) is 19.3 Å². The number of halogens is 1. The van der Waals surface area contributed by atoms with Crippen LogP contribution in [0, 0.1) is 11.7 Å². The lowest BCUT2D eigenvalue weighted by Gasteiger charge is -2.35. The fourth-order valence-corrected chi connectivity index (χ4v) is 2.95. The van der Waals surface area contributed by atoms with Gasteiger partial charge in [0.1, 0.15) is 5.82 Å². The molecule has 0 amide bonds. The molecule has 1 unspecified atom stereocenters. The summed E-state index contributed by atoms with van der Waals surface area (Å²) in [6.45, 7) is 9.10. The summed E-state index contributed by atoms with van der Waals surface area (Å²) in [4.78, 5) is 6.63. The molecule has 6 heteroatoms. The number of hydrogen-bond acceptors (Lipinski definition) is 3. The number of morpholine rings is 1. The maximum Gasteiger partial charge on any atom is 0.191 e. The van der Waals surface area contributed by atoms with Crippen LogP contribution in [0.1, 0.15) is 31.9 Å². The number of benzene rings is 1. The van der Waals surface area contributed by atoms with Crippen LogP contribution in [0.2, 0.25) is 0 Å². The van der Waals surface area contributed by atoms with Crippen LogP contribution in [0.3, 0.4) is 0 Å². The van der Waals surface area contributed by atoms with Gasteiger partial charge in [0.15, 0.2) is 5.96 Å². The Morgan fingerprint density at radius 2 is 2.04 bits per heavy atom. The van der Waals surface area contributed by atoms with E-state index in [-0.39, 0.29) is 11.9 Å². The zero-order valence-electron chi connectivity index (χ0n) is 15.6. The maximum atomic E-state index is 13.7. The highest BCUT2D eigenvalue weighted by atomic mass is 19.1. The number of nitrogens with one attached hydrogen (secondary N) is 2. The third-order valence-corrected chi connectivity index (χ3v) is 4.42. The first-order valence-electron chi connectivity index (χ1n) is 9.12. The summed E-state index contributed by atoms with van der Waals surface area (Å²) in [6.07, 6.45) is 1.09. The van der Waals surface area contributed by atoms with Crippen molar-refractivity contribution in [2.45, 2.75) is 26.3 Å². The summed E-state index contributed by atoms with van der Waals surface area (Å²) in [5.74, 6) is 1.24. The van der Waals surface area contributed by atoms with E-state index in [1.165, 1.54) is 6.07 Å². The Morgan fingerprint density at radius 3 is 2.68 bits per heavy atom. The molecule has 0 bridgehead atoms. The van der Waals surface area contributed by atoms with Gasteiger partial charge >= 0.3 is 0 Å². The van der Waals surface area contributed by atoms with E-state index in [4.69, 9.17) is 4.74 Å². The van der Waals surface area contributed by atoms with E-state index in [1.807, 2.05) is 6.07 Å². The number of nitrogens with zero attached hydrogens (tertiary/aromatic N) is 2. The number of hydrogen-bond donors (Lipinski definition) is 2. The molecule has 1 atom stereocenters. The first-order chi connectivity index (χ1) is 12.1. The molecule has 1 aliphatic rings. The highest BCUT2D eigenvalue weighted by Crippen LogP contribution is 2.22. The smallest absolute Gasteiger partial charge is 0.191 e. The van der Waals surface area contributed by atoms with Crippen molar-refractivity contribution in [2.75, 3.05) is 46.4 Å². The van der Waals surface area contributed by atoms with Crippen LogP contribution in [-0.4, -0.2) is 57.3 Å². The van der Waals surface area contributed by atoms with E-state index in [0.717, 1.165) is 37.6 Å². The molecule has 0 aromatic heterocycles. The van der Waals surface area contributed by atoms with Gasteiger partial charge in [-0.25, -0.2) is 4.39 Å².